The second-order valence-electron chi connectivity index (χ2n) is 4.31. The van der Waals surface area contributed by atoms with E-state index in [-0.39, 0.29) is 22.6 Å². The average Bonchev–Trinajstić information content (AvgIpc) is 2.37. The molecule has 0 saturated carbocycles. The monoisotopic (exact) mass is 345 g/mol. The lowest BCUT2D eigenvalue weighted by Gasteiger charge is -2.17. The van der Waals surface area contributed by atoms with E-state index in [1.165, 1.54) is 6.07 Å². The predicted octanol–water partition coefficient (Wildman–Crippen LogP) is 5.12. The number of halogens is 3. The van der Waals surface area contributed by atoms with Gasteiger partial charge in [0.25, 0.3) is 0 Å². The third kappa shape index (κ3) is 3.75. The third-order valence-electron chi connectivity index (χ3n) is 2.85. The van der Waals surface area contributed by atoms with Crippen LogP contribution >= 0.6 is 34.8 Å². The van der Waals surface area contributed by atoms with E-state index >= 15 is 0 Å². The van der Waals surface area contributed by atoms with Crippen molar-refractivity contribution < 1.29 is 4.92 Å². The first kappa shape index (κ1) is 15.8. The maximum absolute atomic E-state index is 11.0. The standard InChI is InChI=1S/C13H10Cl3N3O2/c1-7(9-3-2-8(14)4-10(9)15)18-11-5-13(16)17-6-12(11)19(20)21/h2-7H,1H3,(H,17,18). The summed E-state index contributed by atoms with van der Waals surface area (Å²) in [4.78, 5) is 14.2. The molecule has 1 heterocycles. The largest absolute Gasteiger partial charge is 0.373 e. The van der Waals surface area contributed by atoms with E-state index in [0.717, 1.165) is 11.8 Å². The fourth-order valence-corrected chi connectivity index (χ4v) is 2.58. The van der Waals surface area contributed by atoms with Crippen molar-refractivity contribution in [2.24, 2.45) is 0 Å². The van der Waals surface area contributed by atoms with Crippen LogP contribution < -0.4 is 5.32 Å². The Hall–Kier alpha value is -1.56. The molecule has 1 N–H and O–H groups in total. The van der Waals surface area contributed by atoms with Crippen molar-refractivity contribution in [2.75, 3.05) is 5.32 Å². The molecule has 1 unspecified atom stereocenters. The molecule has 0 aliphatic rings. The summed E-state index contributed by atoms with van der Waals surface area (Å²) in [7, 11) is 0. The molecule has 1 aromatic carbocycles. The van der Waals surface area contributed by atoms with Crippen molar-refractivity contribution in [1.29, 1.82) is 0 Å². The van der Waals surface area contributed by atoms with Gasteiger partial charge in [-0.2, -0.15) is 0 Å². The molecular weight excluding hydrogens is 337 g/mol. The Morgan fingerprint density at radius 2 is 2.00 bits per heavy atom. The molecule has 2 rings (SSSR count). The van der Waals surface area contributed by atoms with Gasteiger partial charge in [0.1, 0.15) is 17.0 Å². The summed E-state index contributed by atoms with van der Waals surface area (Å²) in [5.41, 5.74) is 0.887. The van der Waals surface area contributed by atoms with Gasteiger partial charge >= 0.3 is 5.69 Å². The highest BCUT2D eigenvalue weighted by atomic mass is 35.5. The van der Waals surface area contributed by atoms with Gasteiger partial charge in [-0.3, -0.25) is 10.1 Å². The van der Waals surface area contributed by atoms with E-state index in [0.29, 0.717) is 10.0 Å². The van der Waals surface area contributed by atoms with Gasteiger partial charge in [-0.25, -0.2) is 4.98 Å². The summed E-state index contributed by atoms with van der Waals surface area (Å²) in [5, 5.41) is 15.2. The van der Waals surface area contributed by atoms with Crippen LogP contribution in [0.3, 0.4) is 0 Å². The Kier molecular flexibility index (Phi) is 4.88. The minimum atomic E-state index is -0.526. The van der Waals surface area contributed by atoms with Gasteiger partial charge in [-0.05, 0) is 24.6 Å². The highest BCUT2D eigenvalue weighted by molar-refractivity contribution is 6.35. The highest BCUT2D eigenvalue weighted by Gasteiger charge is 2.18. The van der Waals surface area contributed by atoms with E-state index in [4.69, 9.17) is 34.8 Å². The topological polar surface area (TPSA) is 68.1 Å². The number of nitro groups is 1. The zero-order valence-electron chi connectivity index (χ0n) is 10.8. The Balaban J connectivity index is 2.33. The van der Waals surface area contributed by atoms with Gasteiger partial charge in [-0.15, -0.1) is 0 Å². The number of nitrogens with zero attached hydrogens (tertiary/aromatic N) is 2. The molecule has 8 heteroatoms. The summed E-state index contributed by atoms with van der Waals surface area (Å²) in [6, 6.07) is 6.21. The van der Waals surface area contributed by atoms with E-state index in [9.17, 15) is 10.1 Å². The molecular formula is C13H10Cl3N3O2. The first-order valence-electron chi connectivity index (χ1n) is 5.90. The first-order valence-corrected chi connectivity index (χ1v) is 7.03. The van der Waals surface area contributed by atoms with Gasteiger partial charge < -0.3 is 5.32 Å². The zero-order valence-corrected chi connectivity index (χ0v) is 13.1. The second-order valence-corrected chi connectivity index (χ2v) is 5.54. The zero-order chi connectivity index (χ0) is 15.6. The van der Waals surface area contributed by atoms with Gasteiger partial charge in [0, 0.05) is 16.1 Å². The van der Waals surface area contributed by atoms with E-state index < -0.39 is 4.92 Å². The van der Waals surface area contributed by atoms with Gasteiger partial charge in [0.05, 0.1) is 11.0 Å². The summed E-state index contributed by atoms with van der Waals surface area (Å²) in [6.45, 7) is 1.83. The molecule has 0 saturated heterocycles. The number of benzene rings is 1. The van der Waals surface area contributed by atoms with Gasteiger partial charge in [0.15, 0.2) is 0 Å². The van der Waals surface area contributed by atoms with Crippen molar-refractivity contribution in [3.8, 4) is 0 Å². The predicted molar refractivity (Wildman–Crippen MR) is 84.4 cm³/mol. The Morgan fingerprint density at radius 1 is 1.29 bits per heavy atom. The maximum Gasteiger partial charge on any atom is 0.310 e. The molecule has 0 bridgehead atoms. The van der Waals surface area contributed by atoms with Gasteiger partial charge in [-0.1, -0.05) is 40.9 Å². The maximum atomic E-state index is 11.0. The summed E-state index contributed by atoms with van der Waals surface area (Å²) in [5.74, 6) is 0. The molecule has 5 nitrogen and oxygen atoms in total. The van der Waals surface area contributed by atoms with E-state index in [1.54, 1.807) is 18.2 Å². The lowest BCUT2D eigenvalue weighted by molar-refractivity contribution is -0.384. The number of nitrogens with one attached hydrogen (secondary N) is 1. The number of hydrogen-bond acceptors (Lipinski definition) is 4. The fourth-order valence-electron chi connectivity index (χ4n) is 1.85. The molecule has 1 atom stereocenters. The number of rotatable bonds is 4. The van der Waals surface area contributed by atoms with Crippen molar-refractivity contribution in [1.82, 2.24) is 4.98 Å². The van der Waals surface area contributed by atoms with Crippen LogP contribution in [0.25, 0.3) is 0 Å². The van der Waals surface area contributed by atoms with Gasteiger partial charge in [0.2, 0.25) is 0 Å². The van der Waals surface area contributed by atoms with Crippen molar-refractivity contribution in [2.45, 2.75) is 13.0 Å². The lowest BCUT2D eigenvalue weighted by Crippen LogP contribution is -2.09. The minimum Gasteiger partial charge on any atom is -0.373 e. The lowest BCUT2D eigenvalue weighted by atomic mass is 10.1. The molecule has 0 fully saturated rings. The number of anilines is 1. The van der Waals surface area contributed by atoms with Crippen LogP contribution in [0.4, 0.5) is 11.4 Å². The van der Waals surface area contributed by atoms with E-state index in [1.807, 2.05) is 6.92 Å². The van der Waals surface area contributed by atoms with Crippen molar-refractivity contribution >= 4 is 46.2 Å². The molecule has 0 spiro atoms. The first-order chi connectivity index (χ1) is 9.88. The number of hydrogen-bond donors (Lipinski definition) is 1. The third-order valence-corrected chi connectivity index (χ3v) is 3.62. The van der Waals surface area contributed by atoms with E-state index in [2.05, 4.69) is 10.3 Å². The summed E-state index contributed by atoms with van der Waals surface area (Å²) in [6.07, 6.45) is 1.11. The molecule has 0 radical (unpaired) electrons. The van der Waals surface area contributed by atoms with Crippen LogP contribution in [0, 0.1) is 10.1 Å². The van der Waals surface area contributed by atoms with Crippen LogP contribution in [0.15, 0.2) is 30.5 Å². The molecule has 21 heavy (non-hydrogen) atoms. The molecule has 0 amide bonds. The Morgan fingerprint density at radius 3 is 2.62 bits per heavy atom. The second kappa shape index (κ2) is 6.47. The smallest absolute Gasteiger partial charge is 0.310 e. The van der Waals surface area contributed by atoms with Crippen LogP contribution in [-0.4, -0.2) is 9.91 Å². The van der Waals surface area contributed by atoms with Crippen molar-refractivity contribution in [3.05, 3.63) is 61.3 Å². The summed E-state index contributed by atoms with van der Waals surface area (Å²) >= 11 is 17.8. The Bertz CT molecular complexity index is 694. The minimum absolute atomic E-state index is 0.156. The molecule has 2 aromatic rings. The molecule has 1 aromatic heterocycles. The van der Waals surface area contributed by atoms with Crippen LogP contribution in [0.1, 0.15) is 18.5 Å². The Labute approximate surface area is 136 Å². The van der Waals surface area contributed by atoms with Crippen LogP contribution in [0.2, 0.25) is 15.2 Å². The normalized spacial score (nSPS) is 12.0. The van der Waals surface area contributed by atoms with Crippen LogP contribution in [-0.2, 0) is 0 Å². The highest BCUT2D eigenvalue weighted by Crippen LogP contribution is 2.32. The molecule has 0 aliphatic heterocycles. The number of pyridine rings is 1. The summed E-state index contributed by atoms with van der Waals surface area (Å²) < 4.78 is 0. The van der Waals surface area contributed by atoms with Crippen molar-refractivity contribution in [3.63, 3.8) is 0 Å². The molecule has 110 valence electrons. The SMILES string of the molecule is CC(Nc1cc(Cl)ncc1[N+](=O)[O-])c1ccc(Cl)cc1Cl. The number of aromatic nitrogens is 1. The molecule has 0 aliphatic carbocycles. The quantitative estimate of drug-likeness (QED) is 0.474. The average molecular weight is 347 g/mol. The van der Waals surface area contributed by atoms with Crippen LogP contribution in [0.5, 0.6) is 0 Å². The fraction of sp³-hybridized carbons (Fsp3) is 0.154.